The molecule has 100 valence electrons. The van der Waals surface area contributed by atoms with Crippen molar-refractivity contribution >= 4 is 5.82 Å². The molecule has 0 radical (unpaired) electrons. The fraction of sp³-hybridized carbons (Fsp3) is 0.286. The lowest BCUT2D eigenvalue weighted by molar-refractivity contribution is 0.128. The van der Waals surface area contributed by atoms with Crippen LogP contribution in [0.25, 0.3) is 11.3 Å². The van der Waals surface area contributed by atoms with E-state index in [-0.39, 0.29) is 0 Å². The van der Waals surface area contributed by atoms with Crippen LogP contribution in [0.1, 0.15) is 12.7 Å². The molecule has 1 heterocycles. The van der Waals surface area contributed by atoms with E-state index in [0.29, 0.717) is 24.9 Å². The SMILES string of the molecule is CCOCc1nc(N)cc(-c2cccc(OC)c2)n1. The molecule has 2 aromatic rings. The fourth-order valence-corrected chi connectivity index (χ4v) is 1.71. The Morgan fingerprint density at radius 2 is 2.05 bits per heavy atom. The summed E-state index contributed by atoms with van der Waals surface area (Å²) in [4.78, 5) is 8.59. The molecule has 0 saturated carbocycles. The first-order chi connectivity index (χ1) is 9.22. The number of rotatable bonds is 5. The van der Waals surface area contributed by atoms with Gasteiger partial charge in [-0.3, -0.25) is 0 Å². The molecule has 19 heavy (non-hydrogen) atoms. The molecule has 0 fully saturated rings. The van der Waals surface area contributed by atoms with Gasteiger partial charge >= 0.3 is 0 Å². The summed E-state index contributed by atoms with van der Waals surface area (Å²) in [5, 5.41) is 0. The number of hydrogen-bond acceptors (Lipinski definition) is 5. The van der Waals surface area contributed by atoms with Crippen molar-refractivity contribution in [2.75, 3.05) is 19.5 Å². The Morgan fingerprint density at radius 1 is 1.21 bits per heavy atom. The first-order valence-electron chi connectivity index (χ1n) is 6.08. The fourth-order valence-electron chi connectivity index (χ4n) is 1.71. The lowest BCUT2D eigenvalue weighted by Gasteiger charge is -2.07. The van der Waals surface area contributed by atoms with Gasteiger partial charge < -0.3 is 15.2 Å². The minimum Gasteiger partial charge on any atom is -0.497 e. The van der Waals surface area contributed by atoms with Crippen LogP contribution in [0.2, 0.25) is 0 Å². The molecule has 0 aliphatic rings. The Labute approximate surface area is 112 Å². The summed E-state index contributed by atoms with van der Waals surface area (Å²) in [6, 6.07) is 9.40. The van der Waals surface area contributed by atoms with Gasteiger partial charge in [0.05, 0.1) is 12.8 Å². The highest BCUT2D eigenvalue weighted by Gasteiger charge is 2.06. The highest BCUT2D eigenvalue weighted by molar-refractivity contribution is 5.63. The molecular weight excluding hydrogens is 242 g/mol. The number of anilines is 1. The van der Waals surface area contributed by atoms with E-state index in [4.69, 9.17) is 15.2 Å². The number of nitrogens with zero attached hydrogens (tertiary/aromatic N) is 2. The summed E-state index contributed by atoms with van der Waals surface area (Å²) in [7, 11) is 1.63. The van der Waals surface area contributed by atoms with Gasteiger partial charge in [-0.2, -0.15) is 0 Å². The predicted octanol–water partition coefficient (Wildman–Crippen LogP) is 2.27. The Balaban J connectivity index is 2.34. The highest BCUT2D eigenvalue weighted by atomic mass is 16.5. The van der Waals surface area contributed by atoms with E-state index < -0.39 is 0 Å². The average molecular weight is 259 g/mol. The van der Waals surface area contributed by atoms with Crippen molar-refractivity contribution in [1.82, 2.24) is 9.97 Å². The molecule has 2 rings (SSSR count). The van der Waals surface area contributed by atoms with Gasteiger partial charge in [-0.15, -0.1) is 0 Å². The molecule has 1 aromatic heterocycles. The molecule has 0 aliphatic carbocycles. The molecule has 0 amide bonds. The Morgan fingerprint density at radius 3 is 2.79 bits per heavy atom. The maximum Gasteiger partial charge on any atom is 0.157 e. The van der Waals surface area contributed by atoms with Crippen LogP contribution in [0.3, 0.4) is 0 Å². The first-order valence-corrected chi connectivity index (χ1v) is 6.08. The van der Waals surface area contributed by atoms with Crippen molar-refractivity contribution in [1.29, 1.82) is 0 Å². The third kappa shape index (κ3) is 3.42. The third-order valence-electron chi connectivity index (χ3n) is 2.59. The second-order valence-corrected chi connectivity index (χ2v) is 3.96. The molecule has 5 nitrogen and oxygen atoms in total. The van der Waals surface area contributed by atoms with Crippen molar-refractivity contribution in [3.63, 3.8) is 0 Å². The van der Waals surface area contributed by atoms with Crippen LogP contribution in [0.5, 0.6) is 5.75 Å². The van der Waals surface area contributed by atoms with Gasteiger partial charge in [-0.1, -0.05) is 12.1 Å². The van der Waals surface area contributed by atoms with Crippen LogP contribution in [-0.4, -0.2) is 23.7 Å². The van der Waals surface area contributed by atoms with Gasteiger partial charge in [-0.05, 0) is 19.1 Å². The zero-order valence-corrected chi connectivity index (χ0v) is 11.1. The number of nitrogen functional groups attached to an aromatic ring is 1. The van der Waals surface area contributed by atoms with Crippen LogP contribution in [0, 0.1) is 0 Å². The number of benzene rings is 1. The number of methoxy groups -OCH3 is 1. The molecule has 0 unspecified atom stereocenters. The lowest BCUT2D eigenvalue weighted by Crippen LogP contribution is -2.03. The largest absolute Gasteiger partial charge is 0.497 e. The summed E-state index contributed by atoms with van der Waals surface area (Å²) < 4.78 is 10.5. The summed E-state index contributed by atoms with van der Waals surface area (Å²) in [6.45, 7) is 2.90. The zero-order chi connectivity index (χ0) is 13.7. The van der Waals surface area contributed by atoms with Gasteiger partial charge in [0.2, 0.25) is 0 Å². The summed E-state index contributed by atoms with van der Waals surface area (Å²) in [5.74, 6) is 1.79. The van der Waals surface area contributed by atoms with E-state index in [0.717, 1.165) is 17.0 Å². The van der Waals surface area contributed by atoms with Crippen molar-refractivity contribution in [2.24, 2.45) is 0 Å². The lowest BCUT2D eigenvalue weighted by atomic mass is 10.1. The quantitative estimate of drug-likeness (QED) is 0.892. The molecule has 0 aliphatic heterocycles. The van der Waals surface area contributed by atoms with Gasteiger partial charge in [0.15, 0.2) is 5.82 Å². The topological polar surface area (TPSA) is 70.3 Å². The highest BCUT2D eigenvalue weighted by Crippen LogP contribution is 2.23. The Kier molecular flexibility index (Phi) is 4.30. The van der Waals surface area contributed by atoms with Crippen molar-refractivity contribution in [3.05, 3.63) is 36.2 Å². The second-order valence-electron chi connectivity index (χ2n) is 3.96. The van der Waals surface area contributed by atoms with E-state index >= 15 is 0 Å². The minimum atomic E-state index is 0.360. The smallest absolute Gasteiger partial charge is 0.157 e. The standard InChI is InChI=1S/C14H17N3O2/c1-3-19-9-14-16-12(8-13(15)17-14)10-5-4-6-11(7-10)18-2/h4-8H,3,9H2,1-2H3,(H2,15,16,17). The van der Waals surface area contributed by atoms with Gasteiger partial charge in [0.25, 0.3) is 0 Å². The monoisotopic (exact) mass is 259 g/mol. The van der Waals surface area contributed by atoms with Crippen LogP contribution in [0.15, 0.2) is 30.3 Å². The summed E-state index contributed by atoms with van der Waals surface area (Å²) in [6.07, 6.45) is 0. The number of nitrogens with two attached hydrogens (primary N) is 1. The van der Waals surface area contributed by atoms with Crippen LogP contribution >= 0.6 is 0 Å². The van der Waals surface area contributed by atoms with Gasteiger partial charge in [0.1, 0.15) is 18.2 Å². The van der Waals surface area contributed by atoms with Gasteiger partial charge in [-0.25, -0.2) is 9.97 Å². The molecular formula is C14H17N3O2. The maximum absolute atomic E-state index is 5.80. The zero-order valence-electron chi connectivity index (χ0n) is 11.1. The third-order valence-corrected chi connectivity index (χ3v) is 2.59. The normalized spacial score (nSPS) is 10.4. The summed E-state index contributed by atoms with van der Waals surface area (Å²) in [5.41, 5.74) is 7.50. The van der Waals surface area contributed by atoms with Gasteiger partial charge in [0, 0.05) is 18.2 Å². The average Bonchev–Trinajstić information content (AvgIpc) is 2.44. The van der Waals surface area contributed by atoms with Crippen molar-refractivity contribution in [2.45, 2.75) is 13.5 Å². The number of ether oxygens (including phenoxy) is 2. The number of hydrogen-bond donors (Lipinski definition) is 1. The molecule has 1 aromatic carbocycles. The van der Waals surface area contributed by atoms with E-state index in [1.807, 2.05) is 31.2 Å². The molecule has 0 bridgehead atoms. The molecule has 0 spiro atoms. The number of aromatic nitrogens is 2. The predicted molar refractivity (Wildman–Crippen MR) is 73.8 cm³/mol. The first kappa shape index (κ1) is 13.3. The van der Waals surface area contributed by atoms with E-state index in [1.54, 1.807) is 13.2 Å². The Hall–Kier alpha value is -2.14. The Bertz CT molecular complexity index is 558. The summed E-state index contributed by atoms with van der Waals surface area (Å²) >= 11 is 0. The van der Waals surface area contributed by atoms with Crippen LogP contribution < -0.4 is 10.5 Å². The minimum absolute atomic E-state index is 0.360. The molecule has 5 heteroatoms. The van der Waals surface area contributed by atoms with E-state index in [9.17, 15) is 0 Å². The molecule has 0 atom stereocenters. The molecule has 0 saturated heterocycles. The van der Waals surface area contributed by atoms with Crippen molar-refractivity contribution in [3.8, 4) is 17.0 Å². The van der Waals surface area contributed by atoms with Crippen molar-refractivity contribution < 1.29 is 9.47 Å². The van der Waals surface area contributed by atoms with E-state index in [1.165, 1.54) is 0 Å². The molecule has 2 N–H and O–H groups in total. The second kappa shape index (κ2) is 6.15. The maximum atomic E-state index is 5.80. The van der Waals surface area contributed by atoms with Crippen LogP contribution in [-0.2, 0) is 11.3 Å². The van der Waals surface area contributed by atoms with Crippen LogP contribution in [0.4, 0.5) is 5.82 Å². The van der Waals surface area contributed by atoms with E-state index in [2.05, 4.69) is 9.97 Å².